The molecule has 1 aliphatic rings. The zero-order valence-corrected chi connectivity index (χ0v) is 12.4. The standard InChI is InChI=1S/C13H28N2S/c1-6-14-11(2)13(3,4)10-15(5)12-7-8-16-9-12/h11-12,14H,6-10H2,1-5H3. The van der Waals surface area contributed by atoms with Gasteiger partial charge in [0.1, 0.15) is 0 Å². The van der Waals surface area contributed by atoms with Crippen LogP contribution in [0.5, 0.6) is 0 Å². The molecule has 2 unspecified atom stereocenters. The van der Waals surface area contributed by atoms with Gasteiger partial charge >= 0.3 is 0 Å². The highest BCUT2D eigenvalue weighted by Gasteiger charge is 2.30. The van der Waals surface area contributed by atoms with Crippen LogP contribution in [0.4, 0.5) is 0 Å². The van der Waals surface area contributed by atoms with Crippen LogP contribution < -0.4 is 5.32 Å². The predicted octanol–water partition coefficient (Wildman–Crippen LogP) is 2.45. The average molecular weight is 244 g/mol. The van der Waals surface area contributed by atoms with Gasteiger partial charge in [-0.25, -0.2) is 0 Å². The smallest absolute Gasteiger partial charge is 0.0191 e. The summed E-state index contributed by atoms with van der Waals surface area (Å²) in [5.74, 6) is 2.67. The molecule has 0 amide bonds. The molecule has 1 heterocycles. The van der Waals surface area contributed by atoms with Crippen molar-refractivity contribution in [1.82, 2.24) is 10.2 Å². The van der Waals surface area contributed by atoms with Gasteiger partial charge in [-0.15, -0.1) is 0 Å². The van der Waals surface area contributed by atoms with Gasteiger partial charge in [0.25, 0.3) is 0 Å². The van der Waals surface area contributed by atoms with E-state index in [4.69, 9.17) is 0 Å². The van der Waals surface area contributed by atoms with Crippen molar-refractivity contribution < 1.29 is 0 Å². The molecule has 0 aromatic heterocycles. The highest BCUT2D eigenvalue weighted by molar-refractivity contribution is 7.99. The Bertz CT molecular complexity index is 200. The second-order valence-corrected chi connectivity index (χ2v) is 6.85. The summed E-state index contributed by atoms with van der Waals surface area (Å²) in [4.78, 5) is 2.56. The Morgan fingerprint density at radius 3 is 2.69 bits per heavy atom. The van der Waals surface area contributed by atoms with Crippen LogP contribution in [0.25, 0.3) is 0 Å². The zero-order chi connectivity index (χ0) is 12.2. The van der Waals surface area contributed by atoms with Crippen molar-refractivity contribution in [2.24, 2.45) is 5.41 Å². The van der Waals surface area contributed by atoms with Crippen LogP contribution in [0.2, 0.25) is 0 Å². The maximum absolute atomic E-state index is 3.55. The van der Waals surface area contributed by atoms with Gasteiger partial charge in [0.2, 0.25) is 0 Å². The highest BCUT2D eigenvalue weighted by atomic mass is 32.2. The highest BCUT2D eigenvalue weighted by Crippen LogP contribution is 2.27. The number of nitrogens with zero attached hydrogens (tertiary/aromatic N) is 1. The first-order valence-corrected chi connectivity index (χ1v) is 7.64. The largest absolute Gasteiger partial charge is 0.314 e. The third-order valence-corrected chi connectivity index (χ3v) is 5.01. The summed E-state index contributed by atoms with van der Waals surface area (Å²) in [7, 11) is 2.29. The van der Waals surface area contributed by atoms with Crippen LogP contribution in [-0.2, 0) is 0 Å². The molecule has 2 atom stereocenters. The summed E-state index contributed by atoms with van der Waals surface area (Å²) in [5, 5.41) is 3.55. The molecule has 16 heavy (non-hydrogen) atoms. The molecule has 0 bridgehead atoms. The van der Waals surface area contributed by atoms with Gasteiger partial charge in [-0.2, -0.15) is 11.8 Å². The van der Waals surface area contributed by atoms with Gasteiger partial charge in [-0.05, 0) is 38.1 Å². The Balaban J connectivity index is 2.43. The lowest BCUT2D eigenvalue weighted by molar-refractivity contribution is 0.138. The van der Waals surface area contributed by atoms with Crippen molar-refractivity contribution in [3.05, 3.63) is 0 Å². The first-order chi connectivity index (χ1) is 7.47. The Morgan fingerprint density at radius 1 is 1.50 bits per heavy atom. The van der Waals surface area contributed by atoms with Crippen LogP contribution in [0.3, 0.4) is 0 Å². The van der Waals surface area contributed by atoms with E-state index in [1.54, 1.807) is 0 Å². The molecule has 0 aromatic carbocycles. The van der Waals surface area contributed by atoms with Crippen LogP contribution >= 0.6 is 11.8 Å². The molecule has 1 saturated heterocycles. The van der Waals surface area contributed by atoms with Crippen molar-refractivity contribution >= 4 is 11.8 Å². The average Bonchev–Trinajstić information content (AvgIpc) is 2.70. The minimum atomic E-state index is 0.345. The first kappa shape index (κ1) is 14.3. The summed E-state index contributed by atoms with van der Waals surface area (Å²) < 4.78 is 0. The molecule has 0 radical (unpaired) electrons. The third-order valence-electron chi connectivity index (χ3n) is 3.87. The summed E-state index contributed by atoms with van der Waals surface area (Å²) in [5.41, 5.74) is 0.345. The second kappa shape index (κ2) is 6.27. The van der Waals surface area contributed by atoms with Gasteiger partial charge < -0.3 is 10.2 Å². The van der Waals surface area contributed by atoms with Crippen LogP contribution in [0, 0.1) is 5.41 Å². The van der Waals surface area contributed by atoms with Crippen molar-refractivity contribution in [1.29, 1.82) is 0 Å². The molecule has 1 aliphatic heterocycles. The lowest BCUT2D eigenvalue weighted by Gasteiger charge is -2.38. The van der Waals surface area contributed by atoms with E-state index < -0.39 is 0 Å². The fourth-order valence-electron chi connectivity index (χ4n) is 2.36. The van der Waals surface area contributed by atoms with E-state index in [1.165, 1.54) is 24.5 Å². The van der Waals surface area contributed by atoms with E-state index in [0.717, 1.165) is 12.6 Å². The van der Waals surface area contributed by atoms with Crippen molar-refractivity contribution in [2.45, 2.75) is 46.2 Å². The van der Waals surface area contributed by atoms with Crippen molar-refractivity contribution in [3.8, 4) is 0 Å². The molecule has 1 rings (SSSR count). The molecule has 0 saturated carbocycles. The Morgan fingerprint density at radius 2 is 2.19 bits per heavy atom. The minimum absolute atomic E-state index is 0.345. The molecule has 0 aromatic rings. The van der Waals surface area contributed by atoms with Crippen LogP contribution in [0.1, 0.15) is 34.1 Å². The lowest BCUT2D eigenvalue weighted by atomic mass is 9.84. The summed E-state index contributed by atoms with van der Waals surface area (Å²) in [6, 6.07) is 1.38. The van der Waals surface area contributed by atoms with Crippen LogP contribution in [0.15, 0.2) is 0 Å². The molecular weight excluding hydrogens is 216 g/mol. The fourth-order valence-corrected chi connectivity index (χ4v) is 3.66. The van der Waals surface area contributed by atoms with Crippen LogP contribution in [-0.4, -0.2) is 48.6 Å². The van der Waals surface area contributed by atoms with Gasteiger partial charge in [0.15, 0.2) is 0 Å². The minimum Gasteiger partial charge on any atom is -0.314 e. The monoisotopic (exact) mass is 244 g/mol. The lowest BCUT2D eigenvalue weighted by Crippen LogP contribution is -2.48. The maximum Gasteiger partial charge on any atom is 0.0191 e. The van der Waals surface area contributed by atoms with Gasteiger partial charge in [0, 0.05) is 24.4 Å². The number of hydrogen-bond donors (Lipinski definition) is 1. The van der Waals surface area contributed by atoms with E-state index in [2.05, 4.69) is 56.7 Å². The number of hydrogen-bond acceptors (Lipinski definition) is 3. The van der Waals surface area contributed by atoms with E-state index in [9.17, 15) is 0 Å². The van der Waals surface area contributed by atoms with E-state index >= 15 is 0 Å². The Labute approximate surface area is 106 Å². The summed E-state index contributed by atoms with van der Waals surface area (Å²) >= 11 is 2.10. The van der Waals surface area contributed by atoms with E-state index in [0.29, 0.717) is 11.5 Å². The molecule has 3 heteroatoms. The Hall–Kier alpha value is 0.270. The molecule has 2 nitrogen and oxygen atoms in total. The predicted molar refractivity (Wildman–Crippen MR) is 75.3 cm³/mol. The summed E-state index contributed by atoms with van der Waals surface area (Å²) in [6.07, 6.45) is 1.37. The van der Waals surface area contributed by atoms with Crippen molar-refractivity contribution in [3.63, 3.8) is 0 Å². The number of thioether (sulfide) groups is 1. The number of rotatable bonds is 6. The van der Waals surface area contributed by atoms with Gasteiger partial charge in [0.05, 0.1) is 0 Å². The quantitative estimate of drug-likeness (QED) is 0.772. The molecule has 1 fully saturated rings. The normalized spacial score (nSPS) is 24.0. The third kappa shape index (κ3) is 3.94. The molecule has 1 N–H and O–H groups in total. The van der Waals surface area contributed by atoms with Gasteiger partial charge in [-0.3, -0.25) is 0 Å². The zero-order valence-electron chi connectivity index (χ0n) is 11.5. The molecule has 0 aliphatic carbocycles. The number of nitrogens with one attached hydrogen (secondary N) is 1. The van der Waals surface area contributed by atoms with Crippen molar-refractivity contribution in [2.75, 3.05) is 31.6 Å². The van der Waals surface area contributed by atoms with E-state index in [-0.39, 0.29) is 0 Å². The fraction of sp³-hybridized carbons (Fsp3) is 1.00. The van der Waals surface area contributed by atoms with E-state index in [1.807, 2.05) is 0 Å². The topological polar surface area (TPSA) is 15.3 Å². The molecule has 0 spiro atoms. The van der Waals surface area contributed by atoms with Gasteiger partial charge in [-0.1, -0.05) is 20.8 Å². The first-order valence-electron chi connectivity index (χ1n) is 6.48. The molecule has 96 valence electrons. The Kier molecular flexibility index (Phi) is 5.62. The second-order valence-electron chi connectivity index (χ2n) is 5.70. The maximum atomic E-state index is 3.55. The molecular formula is C13H28N2S. The SMILES string of the molecule is CCNC(C)C(C)(C)CN(C)C1CCSC1. The summed E-state index contributed by atoms with van der Waals surface area (Å²) in [6.45, 7) is 11.5.